The third-order valence-electron chi connectivity index (χ3n) is 11.6. The van der Waals surface area contributed by atoms with Gasteiger partial charge in [-0.3, -0.25) is 19.2 Å². The molecule has 59 heavy (non-hydrogen) atoms. The summed E-state index contributed by atoms with van der Waals surface area (Å²) in [5, 5.41) is 10.9. The van der Waals surface area contributed by atoms with E-state index in [1.165, 1.54) is 0 Å². The Morgan fingerprint density at radius 2 is 1.05 bits per heavy atom. The van der Waals surface area contributed by atoms with Crippen LogP contribution in [0, 0.1) is 0 Å². The second-order valence-corrected chi connectivity index (χ2v) is 15.5. The van der Waals surface area contributed by atoms with Crippen LogP contribution in [0.4, 0.5) is 0 Å². The van der Waals surface area contributed by atoms with Crippen LogP contribution in [-0.2, 0) is 60.4 Å². The summed E-state index contributed by atoms with van der Waals surface area (Å²) in [5.74, 6) is 2.18. The van der Waals surface area contributed by atoms with E-state index in [0.717, 1.165) is 92.7 Å². The second-order valence-electron chi connectivity index (χ2n) is 15.5. The van der Waals surface area contributed by atoms with Crippen LogP contribution in [0.5, 0.6) is 23.0 Å². The number of carbonyl (C=O) groups is 4. The molecule has 4 aliphatic rings. The molecule has 12 nitrogen and oxygen atoms in total. The summed E-state index contributed by atoms with van der Waals surface area (Å²) < 4.78 is 26.7. The Morgan fingerprint density at radius 3 is 1.49 bits per heavy atom. The van der Waals surface area contributed by atoms with Crippen molar-refractivity contribution in [2.75, 3.05) is 20.2 Å². The molecule has 0 bridgehead atoms. The van der Waals surface area contributed by atoms with E-state index in [1.54, 1.807) is 6.92 Å². The van der Waals surface area contributed by atoms with Gasteiger partial charge in [0, 0.05) is 35.3 Å². The number of carboxylic acid groups (broad SMARTS) is 1. The molecule has 4 heterocycles. The molecule has 2 aliphatic carbocycles. The standard InChI is InChI=1S/C24H23NO5.C22H19NO5.CH4/c1-2-28-23(27)13-18-11-16-9-15(3-5-19(16)25-18)10-22(26)24(7-8-24)17-4-6-20-21(12-17)30-14-29-20;24-20(22(5-6-22)15-2-4-18-19(10-15)28-12-27-18)8-13-1-3-17-14(7-13)9-16(23-17)11-21(25)26;/h3-6,9,11-12,25H,2,7-8,10,13-14H2,1H3;1-4,7,9-10,23H,5-6,8,11-12H2,(H,25,26);1H4. The molecule has 2 fully saturated rings. The highest BCUT2D eigenvalue weighted by molar-refractivity contribution is 5.96. The minimum atomic E-state index is -0.874. The number of rotatable bonds is 13. The SMILES string of the molecule is C.CCOC(=O)Cc1cc2cc(CC(=O)C3(c4ccc5c(c4)OCO5)CC3)ccc2[nH]1.O=C(O)Cc1cc2cc(CC(=O)C3(c4ccc5c(c4)OCO5)CC3)ccc2[nH]1. The van der Waals surface area contributed by atoms with Gasteiger partial charge in [-0.25, -0.2) is 0 Å². The Labute approximate surface area is 340 Å². The van der Waals surface area contributed by atoms with Gasteiger partial charge < -0.3 is 38.8 Å². The molecule has 2 saturated carbocycles. The fraction of sp³-hybridized carbons (Fsp3) is 0.319. The number of carbonyl (C=O) groups excluding carboxylic acids is 3. The Bertz CT molecular complexity index is 2610. The lowest BCUT2D eigenvalue weighted by Crippen LogP contribution is -2.22. The maximum atomic E-state index is 13.2. The maximum absolute atomic E-state index is 13.2. The summed E-state index contributed by atoms with van der Waals surface area (Å²) in [5.41, 5.74) is 6.37. The highest BCUT2D eigenvalue weighted by Crippen LogP contribution is 2.53. The van der Waals surface area contributed by atoms with Crippen molar-refractivity contribution in [1.29, 1.82) is 0 Å². The number of ether oxygens (including phenoxy) is 5. The van der Waals surface area contributed by atoms with E-state index in [4.69, 9.17) is 28.8 Å². The molecule has 2 aromatic heterocycles. The van der Waals surface area contributed by atoms with Crippen LogP contribution in [-0.4, -0.2) is 58.8 Å². The van der Waals surface area contributed by atoms with E-state index in [1.807, 2.05) is 84.9 Å². The lowest BCUT2D eigenvalue weighted by molar-refractivity contribution is -0.142. The van der Waals surface area contributed by atoms with Crippen molar-refractivity contribution in [3.05, 3.63) is 119 Å². The Morgan fingerprint density at radius 1 is 0.593 bits per heavy atom. The van der Waals surface area contributed by atoms with Crippen LogP contribution in [0.25, 0.3) is 21.8 Å². The molecular formula is C47H46N2O10. The Balaban J connectivity index is 0.000000162. The van der Waals surface area contributed by atoms with Crippen molar-refractivity contribution in [3.63, 3.8) is 0 Å². The monoisotopic (exact) mass is 798 g/mol. The Hall–Kier alpha value is -6.56. The van der Waals surface area contributed by atoms with E-state index in [0.29, 0.717) is 30.9 Å². The number of Topliss-reactive ketones (excluding diaryl/α,β-unsaturated/α-hetero) is 2. The van der Waals surface area contributed by atoms with Gasteiger partial charge in [0.05, 0.1) is 30.3 Å². The van der Waals surface area contributed by atoms with Crippen LogP contribution >= 0.6 is 0 Å². The molecule has 2 aliphatic heterocycles. The van der Waals surface area contributed by atoms with Crippen molar-refractivity contribution in [3.8, 4) is 23.0 Å². The third-order valence-corrected chi connectivity index (χ3v) is 11.6. The number of aromatic nitrogens is 2. The number of carboxylic acids is 1. The van der Waals surface area contributed by atoms with Gasteiger partial charge in [0.15, 0.2) is 23.0 Å². The summed E-state index contributed by atoms with van der Waals surface area (Å²) >= 11 is 0. The first kappa shape index (κ1) is 39.3. The third kappa shape index (κ3) is 7.86. The normalized spacial score (nSPS) is 15.8. The number of H-pyrrole nitrogens is 2. The number of aliphatic carboxylic acids is 1. The van der Waals surface area contributed by atoms with E-state index < -0.39 is 16.8 Å². The predicted molar refractivity (Wildman–Crippen MR) is 219 cm³/mol. The first-order valence-corrected chi connectivity index (χ1v) is 19.6. The van der Waals surface area contributed by atoms with Gasteiger partial charge in [0.25, 0.3) is 0 Å². The zero-order valence-electron chi connectivity index (χ0n) is 32.0. The van der Waals surface area contributed by atoms with Crippen LogP contribution in [0.3, 0.4) is 0 Å². The van der Waals surface area contributed by atoms with E-state index in [9.17, 15) is 19.2 Å². The minimum absolute atomic E-state index is 0. The lowest BCUT2D eigenvalue weighted by atomic mass is 9.87. The minimum Gasteiger partial charge on any atom is -0.481 e. The molecule has 0 spiro atoms. The van der Waals surface area contributed by atoms with Crippen molar-refractivity contribution in [2.24, 2.45) is 0 Å². The molecule has 10 rings (SSSR count). The van der Waals surface area contributed by atoms with Gasteiger partial charge >= 0.3 is 11.9 Å². The van der Waals surface area contributed by atoms with Gasteiger partial charge in [0.1, 0.15) is 11.6 Å². The molecule has 0 saturated heterocycles. The average Bonchev–Trinajstić information content (AvgIpc) is 3.94. The van der Waals surface area contributed by atoms with Crippen LogP contribution in [0.2, 0.25) is 0 Å². The number of fused-ring (bicyclic) bond motifs is 4. The smallest absolute Gasteiger partial charge is 0.311 e. The zero-order chi connectivity index (χ0) is 40.0. The quantitative estimate of drug-likeness (QED) is 0.0980. The fourth-order valence-electron chi connectivity index (χ4n) is 8.23. The molecule has 6 aromatic rings. The van der Waals surface area contributed by atoms with Crippen LogP contribution < -0.4 is 18.9 Å². The topological polar surface area (TPSA) is 166 Å². The van der Waals surface area contributed by atoms with Crippen LogP contribution in [0.1, 0.15) is 73.7 Å². The molecule has 0 amide bonds. The van der Waals surface area contributed by atoms with E-state index in [-0.39, 0.29) is 51.4 Å². The van der Waals surface area contributed by atoms with Gasteiger partial charge in [0.2, 0.25) is 13.6 Å². The highest BCUT2D eigenvalue weighted by Gasteiger charge is 2.51. The zero-order valence-corrected chi connectivity index (χ0v) is 32.0. The van der Waals surface area contributed by atoms with Crippen LogP contribution in [0.15, 0.2) is 84.9 Å². The number of ketones is 2. The lowest BCUT2D eigenvalue weighted by Gasteiger charge is -2.15. The largest absolute Gasteiger partial charge is 0.481 e. The number of aromatic amines is 2. The summed E-state index contributed by atoms with van der Waals surface area (Å²) in [6, 6.07) is 27.1. The fourth-order valence-corrected chi connectivity index (χ4v) is 8.23. The summed E-state index contributed by atoms with van der Waals surface area (Å²) in [6.07, 6.45) is 4.32. The van der Waals surface area contributed by atoms with Gasteiger partial charge in [-0.05, 0) is 126 Å². The number of esters is 1. The van der Waals surface area contributed by atoms with E-state index in [2.05, 4.69) is 9.97 Å². The van der Waals surface area contributed by atoms with E-state index >= 15 is 0 Å². The second kappa shape index (κ2) is 15.7. The highest BCUT2D eigenvalue weighted by atomic mass is 16.7. The first-order valence-electron chi connectivity index (χ1n) is 19.6. The van der Waals surface area contributed by atoms with Crippen molar-refractivity contribution < 1.29 is 48.0 Å². The van der Waals surface area contributed by atoms with Crippen molar-refractivity contribution >= 4 is 45.3 Å². The van der Waals surface area contributed by atoms with Gasteiger partial charge in [-0.15, -0.1) is 0 Å². The molecule has 0 atom stereocenters. The summed E-state index contributed by atoms with van der Waals surface area (Å²) in [7, 11) is 0. The van der Waals surface area contributed by atoms with Crippen molar-refractivity contribution in [2.45, 2.75) is 76.5 Å². The molecular weight excluding hydrogens is 753 g/mol. The summed E-state index contributed by atoms with van der Waals surface area (Å²) in [6.45, 7) is 2.62. The molecule has 12 heteroatoms. The average molecular weight is 799 g/mol. The molecule has 0 unspecified atom stereocenters. The number of hydrogen-bond donors (Lipinski definition) is 3. The van der Waals surface area contributed by atoms with Gasteiger partial charge in [-0.1, -0.05) is 31.7 Å². The number of benzene rings is 4. The maximum Gasteiger partial charge on any atom is 0.311 e. The molecule has 4 aromatic carbocycles. The molecule has 0 radical (unpaired) electrons. The molecule has 3 N–H and O–H groups in total. The van der Waals surface area contributed by atoms with Crippen molar-refractivity contribution in [1.82, 2.24) is 9.97 Å². The predicted octanol–water partition coefficient (Wildman–Crippen LogP) is 7.85. The summed E-state index contributed by atoms with van der Waals surface area (Å²) in [4.78, 5) is 55.3. The molecule has 304 valence electrons. The Kier molecular flexibility index (Phi) is 10.4. The number of hydrogen-bond acceptors (Lipinski definition) is 9. The number of nitrogens with one attached hydrogen (secondary N) is 2. The first-order chi connectivity index (χ1) is 28.1. The van der Waals surface area contributed by atoms with Gasteiger partial charge in [-0.2, -0.15) is 0 Å².